The fourth-order valence-electron chi connectivity index (χ4n) is 2.93. The average Bonchev–Trinajstić information content (AvgIpc) is 2.66. The lowest BCUT2D eigenvalue weighted by Gasteiger charge is -2.34. The molecule has 7 nitrogen and oxygen atoms in total. The number of nitrogens with one attached hydrogen (secondary N) is 1. The van der Waals surface area contributed by atoms with Crippen LogP contribution in [-0.4, -0.2) is 60.0 Å². The summed E-state index contributed by atoms with van der Waals surface area (Å²) in [4.78, 5) is 25.3. The number of amides is 1. The maximum Gasteiger partial charge on any atom is 0.253 e. The van der Waals surface area contributed by atoms with Gasteiger partial charge in [-0.15, -0.1) is 37.2 Å². The molecule has 0 bridgehead atoms. The molecule has 0 unspecified atom stereocenters. The summed E-state index contributed by atoms with van der Waals surface area (Å²) in [5.41, 5.74) is 6.87. The number of hydrogen-bond acceptors (Lipinski definition) is 6. The average molecular weight is 450 g/mol. The summed E-state index contributed by atoms with van der Waals surface area (Å²) < 4.78 is 0. The molecule has 2 aromatic rings. The van der Waals surface area contributed by atoms with Crippen molar-refractivity contribution in [2.75, 3.05) is 49.9 Å². The Kier molecular flexibility index (Phi) is 12.5. The van der Waals surface area contributed by atoms with E-state index in [1.54, 1.807) is 24.5 Å². The minimum Gasteiger partial charge on any atom is -0.398 e. The Morgan fingerprint density at radius 2 is 1.64 bits per heavy atom. The second-order valence-electron chi connectivity index (χ2n) is 6.07. The van der Waals surface area contributed by atoms with E-state index in [1.165, 1.54) is 0 Å². The van der Waals surface area contributed by atoms with E-state index in [2.05, 4.69) is 25.1 Å². The van der Waals surface area contributed by atoms with Gasteiger partial charge in [-0.25, -0.2) is 9.97 Å². The van der Waals surface area contributed by atoms with Crippen LogP contribution in [0.3, 0.4) is 0 Å². The van der Waals surface area contributed by atoms with Crippen molar-refractivity contribution in [3.05, 3.63) is 48.3 Å². The fourth-order valence-corrected chi connectivity index (χ4v) is 2.93. The van der Waals surface area contributed by atoms with Gasteiger partial charge in [-0.3, -0.25) is 9.69 Å². The third-order valence-electron chi connectivity index (χ3n) is 4.35. The molecule has 1 amide bonds. The lowest BCUT2D eigenvalue weighted by molar-refractivity contribution is 0.0952. The zero-order valence-corrected chi connectivity index (χ0v) is 17.9. The van der Waals surface area contributed by atoms with Crippen LogP contribution in [0.2, 0.25) is 0 Å². The number of anilines is 2. The second-order valence-corrected chi connectivity index (χ2v) is 6.07. The van der Waals surface area contributed by atoms with Crippen molar-refractivity contribution in [2.45, 2.75) is 6.42 Å². The van der Waals surface area contributed by atoms with E-state index in [4.69, 9.17) is 5.73 Å². The number of carbonyl (C=O) groups excluding carboxylic acids is 1. The Bertz CT molecular complexity index is 699. The smallest absolute Gasteiger partial charge is 0.253 e. The minimum absolute atomic E-state index is 0. The van der Waals surface area contributed by atoms with Crippen LogP contribution in [0.4, 0.5) is 11.6 Å². The molecule has 1 fully saturated rings. The first kappa shape index (κ1) is 26.2. The first-order valence-corrected chi connectivity index (χ1v) is 8.61. The molecular formula is C18H27Cl3N6O. The molecule has 0 saturated carbocycles. The largest absolute Gasteiger partial charge is 0.398 e. The Morgan fingerprint density at radius 1 is 1.00 bits per heavy atom. The van der Waals surface area contributed by atoms with Gasteiger partial charge in [-0.05, 0) is 31.2 Å². The molecule has 0 aliphatic carbocycles. The SMILES string of the molecule is Cl.Cl.Cl.Nc1ccccc1C(=O)NCCCN1CCN(c2ncccn2)CC1. The highest BCUT2D eigenvalue weighted by Gasteiger charge is 2.18. The van der Waals surface area contributed by atoms with E-state index >= 15 is 0 Å². The Morgan fingerprint density at radius 3 is 2.29 bits per heavy atom. The van der Waals surface area contributed by atoms with Crippen LogP contribution in [0.1, 0.15) is 16.8 Å². The topological polar surface area (TPSA) is 87.4 Å². The highest BCUT2D eigenvalue weighted by atomic mass is 35.5. The Balaban J connectivity index is 0.00000243. The monoisotopic (exact) mass is 448 g/mol. The quantitative estimate of drug-likeness (QED) is 0.519. The molecule has 0 atom stereocenters. The van der Waals surface area contributed by atoms with Gasteiger partial charge in [-0.2, -0.15) is 0 Å². The van der Waals surface area contributed by atoms with Crippen LogP contribution in [0.15, 0.2) is 42.7 Å². The number of para-hydroxylation sites is 1. The van der Waals surface area contributed by atoms with Crippen LogP contribution in [0.25, 0.3) is 0 Å². The van der Waals surface area contributed by atoms with Gasteiger partial charge in [0.15, 0.2) is 0 Å². The number of rotatable bonds is 6. The van der Waals surface area contributed by atoms with Crippen LogP contribution >= 0.6 is 37.2 Å². The van der Waals surface area contributed by atoms with Crippen LogP contribution in [0, 0.1) is 0 Å². The van der Waals surface area contributed by atoms with E-state index in [0.717, 1.165) is 45.1 Å². The van der Waals surface area contributed by atoms with Crippen molar-refractivity contribution in [2.24, 2.45) is 0 Å². The number of benzene rings is 1. The molecule has 0 radical (unpaired) electrons. The molecule has 156 valence electrons. The number of aromatic nitrogens is 2. The van der Waals surface area contributed by atoms with Gasteiger partial charge in [-0.1, -0.05) is 12.1 Å². The maximum absolute atomic E-state index is 12.1. The molecule has 28 heavy (non-hydrogen) atoms. The van der Waals surface area contributed by atoms with Gasteiger partial charge in [0.05, 0.1) is 5.56 Å². The number of hydrogen-bond donors (Lipinski definition) is 2. The van der Waals surface area contributed by atoms with Gasteiger partial charge in [0.2, 0.25) is 5.95 Å². The summed E-state index contributed by atoms with van der Waals surface area (Å²) in [6.07, 6.45) is 4.47. The standard InChI is InChI=1S/C18H24N6O.3ClH/c19-16-6-2-1-5-15(16)17(25)20-9-4-10-23-11-13-24(14-12-23)18-21-7-3-8-22-18;;;/h1-3,5-8H,4,9-14,19H2,(H,20,25);3*1H. The predicted molar refractivity (Wildman–Crippen MR) is 120 cm³/mol. The number of nitrogens with two attached hydrogens (primary N) is 1. The highest BCUT2D eigenvalue weighted by molar-refractivity contribution is 5.99. The van der Waals surface area contributed by atoms with Gasteiger partial charge in [0.25, 0.3) is 5.91 Å². The number of carbonyl (C=O) groups is 1. The number of piperazine rings is 1. The molecular weight excluding hydrogens is 423 g/mol. The normalized spacial score (nSPS) is 13.5. The van der Waals surface area contributed by atoms with Crippen LogP contribution < -0.4 is 16.0 Å². The van der Waals surface area contributed by atoms with Gasteiger partial charge < -0.3 is 16.0 Å². The second kappa shape index (κ2) is 13.4. The molecule has 1 aliphatic rings. The summed E-state index contributed by atoms with van der Waals surface area (Å²) in [6, 6.07) is 8.96. The molecule has 0 spiro atoms. The zero-order valence-electron chi connectivity index (χ0n) is 15.5. The van der Waals surface area contributed by atoms with Gasteiger partial charge >= 0.3 is 0 Å². The molecule has 1 saturated heterocycles. The van der Waals surface area contributed by atoms with E-state index in [-0.39, 0.29) is 43.1 Å². The molecule has 2 heterocycles. The lowest BCUT2D eigenvalue weighted by Crippen LogP contribution is -2.47. The first-order chi connectivity index (χ1) is 12.2. The molecule has 1 aromatic heterocycles. The zero-order chi connectivity index (χ0) is 17.5. The summed E-state index contributed by atoms with van der Waals surface area (Å²) >= 11 is 0. The van der Waals surface area contributed by atoms with Crippen LogP contribution in [-0.2, 0) is 0 Å². The fraction of sp³-hybridized carbons (Fsp3) is 0.389. The first-order valence-electron chi connectivity index (χ1n) is 8.61. The van der Waals surface area contributed by atoms with Crippen molar-refractivity contribution in [1.29, 1.82) is 0 Å². The maximum atomic E-state index is 12.1. The molecule has 3 rings (SSSR count). The van der Waals surface area contributed by atoms with Gasteiger partial charge in [0, 0.05) is 50.8 Å². The summed E-state index contributed by atoms with van der Waals surface area (Å²) in [5.74, 6) is 0.694. The summed E-state index contributed by atoms with van der Waals surface area (Å²) in [5, 5.41) is 2.94. The molecule has 10 heteroatoms. The third-order valence-corrected chi connectivity index (χ3v) is 4.35. The summed E-state index contributed by atoms with van der Waals surface area (Å²) in [7, 11) is 0. The van der Waals surface area contributed by atoms with Crippen molar-refractivity contribution in [1.82, 2.24) is 20.2 Å². The van der Waals surface area contributed by atoms with E-state index in [1.807, 2.05) is 18.2 Å². The van der Waals surface area contributed by atoms with Crippen molar-refractivity contribution >= 4 is 54.8 Å². The molecule has 3 N–H and O–H groups in total. The Hall–Kier alpha value is -1.80. The van der Waals surface area contributed by atoms with Crippen LogP contribution in [0.5, 0.6) is 0 Å². The molecule has 1 aromatic carbocycles. The van der Waals surface area contributed by atoms with E-state index < -0.39 is 0 Å². The van der Waals surface area contributed by atoms with Crippen molar-refractivity contribution in [3.8, 4) is 0 Å². The molecule has 1 aliphatic heterocycles. The van der Waals surface area contributed by atoms with Gasteiger partial charge in [0.1, 0.15) is 0 Å². The highest BCUT2D eigenvalue weighted by Crippen LogP contribution is 2.11. The number of nitrogens with zero attached hydrogens (tertiary/aromatic N) is 4. The lowest BCUT2D eigenvalue weighted by atomic mass is 10.1. The minimum atomic E-state index is -0.107. The summed E-state index contributed by atoms with van der Waals surface area (Å²) in [6.45, 7) is 5.44. The van der Waals surface area contributed by atoms with E-state index in [9.17, 15) is 4.79 Å². The van der Waals surface area contributed by atoms with E-state index in [0.29, 0.717) is 17.8 Å². The van der Waals surface area contributed by atoms with Crippen molar-refractivity contribution in [3.63, 3.8) is 0 Å². The Labute approximate surface area is 184 Å². The van der Waals surface area contributed by atoms with Crippen molar-refractivity contribution < 1.29 is 4.79 Å². The number of halogens is 3. The predicted octanol–water partition coefficient (Wildman–Crippen LogP) is 2.27. The third kappa shape index (κ3) is 7.31. The number of nitrogen functional groups attached to an aromatic ring is 1.